The van der Waals surface area contributed by atoms with Crippen molar-refractivity contribution >= 4 is 57.0 Å². The van der Waals surface area contributed by atoms with E-state index in [4.69, 9.17) is 29.4 Å². The Morgan fingerprint density at radius 2 is 1.67 bits per heavy atom. The molecule has 5 heterocycles. The molecule has 0 amide bonds. The van der Waals surface area contributed by atoms with Gasteiger partial charge in [-0.15, -0.1) is 22.1 Å². The number of allylic oxidation sites excluding steroid dienone is 2. The molecule has 0 saturated heterocycles. The fraction of sp³-hybridized carbons (Fsp3) is 0.361. The molecule has 10 heteroatoms. The number of carbonyl (C=O) groups excluding carboxylic acids is 3. The van der Waals surface area contributed by atoms with Crippen LogP contribution in [0, 0.1) is 13.8 Å². The Hall–Kier alpha value is -4.28. The summed E-state index contributed by atoms with van der Waals surface area (Å²) in [5.74, 6) is -3.01. The van der Waals surface area contributed by atoms with E-state index in [-0.39, 0.29) is 46.8 Å². The van der Waals surface area contributed by atoms with E-state index in [0.717, 1.165) is 56.8 Å². The SMILES string of the molecule is C=Cc1c(C)c2cc3nc(c4c5[n-]c(cc6nc(cc1[n-]2)C(C)=C6CC)c(C)c5C(=O)C4C(=O)OC)C(CCC(=O)OC)C3C.[Co+2]. The summed E-state index contributed by atoms with van der Waals surface area (Å²) >= 11 is 0. The van der Waals surface area contributed by atoms with Gasteiger partial charge in [0, 0.05) is 35.2 Å². The fourth-order valence-electron chi connectivity index (χ4n) is 7.02. The third-order valence-electron chi connectivity index (χ3n) is 9.63. The molecule has 1 aliphatic carbocycles. The van der Waals surface area contributed by atoms with Crippen LogP contribution in [0.5, 0.6) is 0 Å². The number of nitrogens with zero attached hydrogens (tertiary/aromatic N) is 4. The van der Waals surface area contributed by atoms with Gasteiger partial charge in [-0.3, -0.25) is 19.4 Å². The largest absolute Gasteiger partial charge is 2.00 e. The minimum absolute atomic E-state index is 0. The number of carbonyl (C=O) groups is 3. The van der Waals surface area contributed by atoms with Gasteiger partial charge in [-0.2, -0.15) is 0 Å². The Morgan fingerprint density at radius 1 is 0.978 bits per heavy atom. The van der Waals surface area contributed by atoms with E-state index >= 15 is 0 Å². The van der Waals surface area contributed by atoms with Crippen molar-refractivity contribution in [2.45, 2.75) is 71.6 Å². The number of esters is 2. The van der Waals surface area contributed by atoms with Crippen molar-refractivity contribution in [2.75, 3.05) is 14.2 Å². The number of rotatable bonds is 6. The number of aromatic nitrogens is 4. The molecule has 6 rings (SSSR count). The van der Waals surface area contributed by atoms with Crippen LogP contribution in [-0.2, 0) is 35.8 Å². The van der Waals surface area contributed by atoms with Crippen molar-refractivity contribution < 1.29 is 40.6 Å². The molecule has 0 aromatic carbocycles. The quantitative estimate of drug-likeness (QED) is 0.216. The van der Waals surface area contributed by atoms with Crippen LogP contribution in [0.3, 0.4) is 0 Å². The molecule has 0 fully saturated rings. The molecule has 3 unspecified atom stereocenters. The number of methoxy groups -OCH3 is 2. The number of fused-ring (bicyclic) bond motifs is 8. The van der Waals surface area contributed by atoms with Crippen LogP contribution in [0.25, 0.3) is 39.3 Å². The van der Waals surface area contributed by atoms with Gasteiger partial charge in [0.05, 0.1) is 25.6 Å². The predicted octanol–water partition coefficient (Wildman–Crippen LogP) is 6.46. The van der Waals surface area contributed by atoms with Crippen LogP contribution in [0.1, 0.15) is 113 Å². The Morgan fingerprint density at radius 3 is 2.33 bits per heavy atom. The molecule has 0 N–H and O–H groups in total. The summed E-state index contributed by atoms with van der Waals surface area (Å²) in [5, 5.41) is 0. The summed E-state index contributed by atoms with van der Waals surface area (Å²) < 4.78 is 10.1. The zero-order chi connectivity index (χ0) is 32.3. The first-order chi connectivity index (χ1) is 21.5. The van der Waals surface area contributed by atoms with E-state index in [1.807, 2.05) is 45.0 Å². The van der Waals surface area contributed by atoms with Gasteiger partial charge in [-0.1, -0.05) is 55.8 Å². The molecule has 9 nitrogen and oxygen atoms in total. The molecular formula is C36H36CoN4O5. The average molecular weight is 664 g/mol. The molecule has 0 saturated carbocycles. The minimum atomic E-state index is -1.20. The Kier molecular flexibility index (Phi) is 8.98. The van der Waals surface area contributed by atoms with E-state index in [1.165, 1.54) is 14.2 Å². The number of hydrogen-bond acceptors (Lipinski definition) is 7. The van der Waals surface area contributed by atoms with Crippen LogP contribution in [0.2, 0.25) is 0 Å². The van der Waals surface area contributed by atoms with Crippen molar-refractivity contribution in [3.05, 3.63) is 75.4 Å². The number of Topliss-reactive ketones (excluding diaryl/α,β-unsaturated/α-hetero) is 1. The average Bonchev–Trinajstić information content (AvgIpc) is 3.76. The van der Waals surface area contributed by atoms with Crippen LogP contribution in [0.15, 0.2) is 24.8 Å². The second-order valence-electron chi connectivity index (χ2n) is 11.9. The molecule has 3 aromatic rings. The third-order valence-corrected chi connectivity index (χ3v) is 9.63. The topological polar surface area (TPSA) is 124 Å². The molecular weight excluding hydrogens is 627 g/mol. The molecule has 239 valence electrons. The molecule has 1 radical (unpaired) electrons. The second-order valence-corrected chi connectivity index (χ2v) is 11.9. The fourth-order valence-corrected chi connectivity index (χ4v) is 7.02. The maximum absolute atomic E-state index is 14.0. The number of ether oxygens (including phenoxy) is 2. The molecule has 3 aliphatic rings. The van der Waals surface area contributed by atoms with E-state index in [9.17, 15) is 14.4 Å². The number of hydrogen-bond donors (Lipinski definition) is 0. The maximum atomic E-state index is 14.0. The summed E-state index contributed by atoms with van der Waals surface area (Å²) in [7, 11) is 2.63. The first-order valence-corrected chi connectivity index (χ1v) is 15.2. The Labute approximate surface area is 278 Å². The van der Waals surface area contributed by atoms with E-state index in [2.05, 4.69) is 20.4 Å². The van der Waals surface area contributed by atoms with Crippen LogP contribution < -0.4 is 9.97 Å². The molecule has 3 atom stereocenters. The van der Waals surface area contributed by atoms with E-state index in [1.54, 1.807) is 0 Å². The van der Waals surface area contributed by atoms with Gasteiger partial charge in [-0.25, -0.2) is 4.98 Å². The van der Waals surface area contributed by atoms with Crippen molar-refractivity contribution in [1.82, 2.24) is 19.9 Å². The van der Waals surface area contributed by atoms with Crippen LogP contribution >= 0.6 is 0 Å². The van der Waals surface area contributed by atoms with Gasteiger partial charge in [0.25, 0.3) is 0 Å². The Bertz CT molecular complexity index is 2020. The Balaban J connectivity index is 0.00000417. The summed E-state index contributed by atoms with van der Waals surface area (Å²) in [6.07, 6.45) is 3.13. The zero-order valence-corrected chi connectivity index (χ0v) is 28.1. The third kappa shape index (κ3) is 5.04. The van der Waals surface area contributed by atoms with Crippen molar-refractivity contribution in [2.24, 2.45) is 0 Å². The van der Waals surface area contributed by atoms with Crippen molar-refractivity contribution in [1.29, 1.82) is 0 Å². The summed E-state index contributed by atoms with van der Waals surface area (Å²) in [5.41, 5.74) is 11.0. The number of ketones is 1. The van der Waals surface area contributed by atoms with Gasteiger partial charge in [-0.05, 0) is 55.9 Å². The molecule has 46 heavy (non-hydrogen) atoms. The molecule has 2 aliphatic heterocycles. The van der Waals surface area contributed by atoms with Gasteiger partial charge in [0.1, 0.15) is 5.92 Å². The van der Waals surface area contributed by atoms with Gasteiger partial charge >= 0.3 is 28.7 Å². The first-order valence-electron chi connectivity index (χ1n) is 15.2. The molecule has 8 bridgehead atoms. The van der Waals surface area contributed by atoms with E-state index < -0.39 is 11.9 Å². The standard InChI is InChI=1S/C36H37N4O5.Co/c1-9-20-16(3)23-13-25-18(5)22(11-12-29(41)44-7)33(39-25)31-32(36(43)45-8)35(42)30-19(6)26(40-34(30)31)15-28-21(10-2)17(4)24(38-28)14-27(20)37-23;/h9,13-15,18,22,32H,1,10-12H2,2-8H3,(H-,37,38,39,40,42);/q-1;+2/p-1. The van der Waals surface area contributed by atoms with Crippen LogP contribution in [0.4, 0.5) is 0 Å². The van der Waals surface area contributed by atoms with Gasteiger partial charge in [0.2, 0.25) is 0 Å². The smallest absolute Gasteiger partial charge is 0.657 e. The summed E-state index contributed by atoms with van der Waals surface area (Å²) in [6, 6.07) is 5.87. The van der Waals surface area contributed by atoms with Gasteiger partial charge in [0.15, 0.2) is 5.78 Å². The second kappa shape index (κ2) is 12.5. The minimum Gasteiger partial charge on any atom is -0.657 e. The van der Waals surface area contributed by atoms with Gasteiger partial charge < -0.3 is 19.4 Å². The predicted molar refractivity (Wildman–Crippen MR) is 173 cm³/mol. The van der Waals surface area contributed by atoms with E-state index in [0.29, 0.717) is 39.8 Å². The summed E-state index contributed by atoms with van der Waals surface area (Å²) in [6.45, 7) is 14.1. The summed E-state index contributed by atoms with van der Waals surface area (Å²) in [4.78, 5) is 59.7. The maximum Gasteiger partial charge on any atom is 2.00 e. The molecule has 3 aromatic heterocycles. The normalized spacial score (nSPS) is 18.4. The van der Waals surface area contributed by atoms with Crippen LogP contribution in [-0.4, -0.2) is 41.9 Å². The number of aryl methyl sites for hydroxylation is 2. The molecule has 0 spiro atoms. The zero-order valence-electron chi connectivity index (χ0n) is 27.0. The first kappa shape index (κ1) is 33.1. The monoisotopic (exact) mass is 663 g/mol. The van der Waals surface area contributed by atoms with Crippen molar-refractivity contribution in [3.63, 3.8) is 0 Å². The van der Waals surface area contributed by atoms with Crippen molar-refractivity contribution in [3.8, 4) is 0 Å².